The van der Waals surface area contributed by atoms with Gasteiger partial charge in [0.2, 0.25) is 0 Å². The van der Waals surface area contributed by atoms with Crippen LogP contribution in [0.3, 0.4) is 0 Å². The number of esters is 1. The maximum absolute atomic E-state index is 11.8. The third-order valence-corrected chi connectivity index (χ3v) is 2.44. The molecule has 0 unspecified atom stereocenters. The average molecular weight is 184 g/mol. The molecule has 0 N–H and O–H groups in total. The van der Waals surface area contributed by atoms with Crippen LogP contribution in [0.5, 0.6) is 0 Å². The molecule has 0 heterocycles. The molecule has 0 aromatic rings. The van der Waals surface area contributed by atoms with Gasteiger partial charge >= 0.3 is 5.97 Å². The second-order valence-corrected chi connectivity index (χ2v) is 4.65. The second kappa shape index (κ2) is 2.82. The fraction of sp³-hybridized carbons (Fsp3) is 0.800. The summed E-state index contributed by atoms with van der Waals surface area (Å²) >= 11 is 0. The van der Waals surface area contributed by atoms with E-state index in [1.165, 1.54) is 7.11 Å². The zero-order valence-electron chi connectivity index (χ0n) is 8.64. The number of carbonyl (C=O) groups excluding carboxylic acids is 2. The van der Waals surface area contributed by atoms with E-state index in [9.17, 15) is 9.59 Å². The highest BCUT2D eigenvalue weighted by Gasteiger charge is 2.59. The predicted molar refractivity (Wildman–Crippen MR) is 48.1 cm³/mol. The van der Waals surface area contributed by atoms with Crippen LogP contribution < -0.4 is 0 Å². The van der Waals surface area contributed by atoms with E-state index in [1.807, 2.05) is 20.8 Å². The van der Waals surface area contributed by atoms with Gasteiger partial charge in [-0.15, -0.1) is 0 Å². The third kappa shape index (κ3) is 1.60. The van der Waals surface area contributed by atoms with Crippen LogP contribution >= 0.6 is 0 Å². The minimum atomic E-state index is -0.799. The largest absolute Gasteiger partial charge is 0.468 e. The SMILES string of the molecule is COC(=O)C1(C(=O)C(C)(C)C)CC1. The molecular formula is C10H16O3. The summed E-state index contributed by atoms with van der Waals surface area (Å²) in [5.74, 6) is -0.362. The van der Waals surface area contributed by atoms with Crippen LogP contribution in [0.4, 0.5) is 0 Å². The smallest absolute Gasteiger partial charge is 0.319 e. The van der Waals surface area contributed by atoms with Gasteiger partial charge in [-0.25, -0.2) is 0 Å². The Morgan fingerprint density at radius 2 is 1.69 bits per heavy atom. The Balaban J connectivity index is 2.83. The van der Waals surface area contributed by atoms with Gasteiger partial charge in [-0.05, 0) is 12.8 Å². The van der Waals surface area contributed by atoms with E-state index in [0.29, 0.717) is 12.8 Å². The first-order valence-electron chi connectivity index (χ1n) is 4.48. The van der Waals surface area contributed by atoms with Crippen molar-refractivity contribution in [1.82, 2.24) is 0 Å². The van der Waals surface area contributed by atoms with Crippen molar-refractivity contribution in [2.45, 2.75) is 33.6 Å². The summed E-state index contributed by atoms with van der Waals surface area (Å²) < 4.78 is 4.63. The van der Waals surface area contributed by atoms with Gasteiger partial charge < -0.3 is 4.74 Å². The van der Waals surface area contributed by atoms with Gasteiger partial charge in [0.25, 0.3) is 0 Å². The van der Waals surface area contributed by atoms with Crippen molar-refractivity contribution >= 4 is 11.8 Å². The van der Waals surface area contributed by atoms with Crippen molar-refractivity contribution < 1.29 is 14.3 Å². The highest BCUT2D eigenvalue weighted by atomic mass is 16.5. The summed E-state index contributed by atoms with van der Waals surface area (Å²) in [6.45, 7) is 5.50. The van der Waals surface area contributed by atoms with Gasteiger partial charge in [0.05, 0.1) is 7.11 Å². The Labute approximate surface area is 78.5 Å². The van der Waals surface area contributed by atoms with Gasteiger partial charge in [-0.2, -0.15) is 0 Å². The van der Waals surface area contributed by atoms with Gasteiger partial charge in [0.15, 0.2) is 5.78 Å². The number of ketones is 1. The number of carbonyl (C=O) groups is 2. The molecule has 1 aliphatic rings. The van der Waals surface area contributed by atoms with E-state index in [0.717, 1.165) is 0 Å². The molecule has 1 saturated carbocycles. The molecule has 3 heteroatoms. The van der Waals surface area contributed by atoms with E-state index >= 15 is 0 Å². The molecule has 0 radical (unpaired) electrons. The molecule has 0 spiro atoms. The highest BCUT2D eigenvalue weighted by Crippen LogP contribution is 2.51. The third-order valence-electron chi connectivity index (χ3n) is 2.44. The van der Waals surface area contributed by atoms with E-state index in [4.69, 9.17) is 0 Å². The molecule has 3 nitrogen and oxygen atoms in total. The molecular weight excluding hydrogens is 168 g/mol. The summed E-state index contributed by atoms with van der Waals surface area (Å²) in [4.78, 5) is 23.2. The van der Waals surface area contributed by atoms with E-state index in [1.54, 1.807) is 0 Å². The number of hydrogen-bond acceptors (Lipinski definition) is 3. The van der Waals surface area contributed by atoms with Crippen LogP contribution in [0.2, 0.25) is 0 Å². The molecule has 1 rings (SSSR count). The van der Waals surface area contributed by atoms with Crippen molar-refractivity contribution in [1.29, 1.82) is 0 Å². The van der Waals surface area contributed by atoms with Crippen molar-refractivity contribution in [2.24, 2.45) is 10.8 Å². The standard InChI is InChI=1S/C10H16O3/c1-9(2,3)7(11)10(5-6-10)8(12)13-4/h5-6H2,1-4H3. The van der Waals surface area contributed by atoms with Gasteiger partial charge in [-0.3, -0.25) is 9.59 Å². The molecule has 1 fully saturated rings. The van der Waals surface area contributed by atoms with Crippen LogP contribution in [-0.4, -0.2) is 18.9 Å². The Bertz CT molecular complexity index is 243. The van der Waals surface area contributed by atoms with Gasteiger partial charge in [-0.1, -0.05) is 20.8 Å². The van der Waals surface area contributed by atoms with E-state index < -0.39 is 10.8 Å². The Morgan fingerprint density at radius 3 is 1.92 bits per heavy atom. The van der Waals surface area contributed by atoms with Crippen molar-refractivity contribution in [3.8, 4) is 0 Å². The first-order chi connectivity index (χ1) is 5.84. The molecule has 0 amide bonds. The van der Waals surface area contributed by atoms with Crippen LogP contribution in [0.15, 0.2) is 0 Å². The Morgan fingerprint density at radius 1 is 1.23 bits per heavy atom. The summed E-state index contributed by atoms with van der Waals surface area (Å²) in [7, 11) is 1.33. The number of ether oxygens (including phenoxy) is 1. The Hall–Kier alpha value is -0.860. The minimum Gasteiger partial charge on any atom is -0.468 e. The zero-order chi connectivity index (χ0) is 10.3. The predicted octanol–water partition coefficient (Wildman–Crippen LogP) is 1.55. The quantitative estimate of drug-likeness (QED) is 0.483. The molecule has 74 valence electrons. The molecule has 1 aliphatic carbocycles. The lowest BCUT2D eigenvalue weighted by molar-refractivity contribution is -0.154. The summed E-state index contributed by atoms with van der Waals surface area (Å²) in [5.41, 5.74) is -1.25. The normalized spacial score (nSPS) is 19.4. The average Bonchev–Trinajstić information content (AvgIpc) is 2.80. The maximum Gasteiger partial charge on any atom is 0.319 e. The zero-order valence-corrected chi connectivity index (χ0v) is 8.64. The van der Waals surface area contributed by atoms with Crippen LogP contribution in [0.25, 0.3) is 0 Å². The van der Waals surface area contributed by atoms with Crippen LogP contribution in [0.1, 0.15) is 33.6 Å². The summed E-state index contributed by atoms with van der Waals surface area (Å²) in [6.07, 6.45) is 1.30. The fourth-order valence-electron chi connectivity index (χ4n) is 1.56. The lowest BCUT2D eigenvalue weighted by Crippen LogP contribution is -2.35. The molecule has 0 atom stereocenters. The van der Waals surface area contributed by atoms with Crippen LogP contribution in [-0.2, 0) is 14.3 Å². The molecule has 0 bridgehead atoms. The van der Waals surface area contributed by atoms with E-state index in [-0.39, 0.29) is 11.8 Å². The van der Waals surface area contributed by atoms with E-state index in [2.05, 4.69) is 4.74 Å². The maximum atomic E-state index is 11.8. The second-order valence-electron chi connectivity index (χ2n) is 4.65. The van der Waals surface area contributed by atoms with Crippen LogP contribution in [0, 0.1) is 10.8 Å². The molecule has 0 aromatic carbocycles. The molecule has 0 saturated heterocycles. The number of Topliss-reactive ketones (excluding diaryl/α,β-unsaturated/α-hetero) is 1. The lowest BCUT2D eigenvalue weighted by atomic mass is 9.81. The Kier molecular flexibility index (Phi) is 2.22. The fourth-order valence-corrected chi connectivity index (χ4v) is 1.56. The topological polar surface area (TPSA) is 43.4 Å². The molecule has 13 heavy (non-hydrogen) atoms. The summed E-state index contributed by atoms with van der Waals surface area (Å²) in [6, 6.07) is 0. The van der Waals surface area contributed by atoms with Crippen molar-refractivity contribution in [2.75, 3.05) is 7.11 Å². The van der Waals surface area contributed by atoms with Gasteiger partial charge in [0, 0.05) is 5.41 Å². The minimum absolute atomic E-state index is 0.00634. The van der Waals surface area contributed by atoms with Gasteiger partial charge in [0.1, 0.15) is 5.41 Å². The monoisotopic (exact) mass is 184 g/mol. The molecule has 0 aliphatic heterocycles. The number of methoxy groups -OCH3 is 1. The van der Waals surface area contributed by atoms with Crippen molar-refractivity contribution in [3.05, 3.63) is 0 Å². The first kappa shape index (κ1) is 10.2. The highest BCUT2D eigenvalue weighted by molar-refractivity contribution is 6.08. The number of hydrogen-bond donors (Lipinski definition) is 0. The first-order valence-corrected chi connectivity index (χ1v) is 4.48. The molecule has 0 aromatic heterocycles. The van der Waals surface area contributed by atoms with Crippen molar-refractivity contribution in [3.63, 3.8) is 0 Å². The number of rotatable bonds is 2. The lowest BCUT2D eigenvalue weighted by Gasteiger charge is -2.22. The summed E-state index contributed by atoms with van der Waals surface area (Å²) in [5, 5.41) is 0.